The van der Waals surface area contributed by atoms with Gasteiger partial charge in [0.1, 0.15) is 5.75 Å². The molecule has 1 aliphatic heterocycles. The van der Waals surface area contributed by atoms with Gasteiger partial charge in [-0.05, 0) is 18.6 Å². The van der Waals surface area contributed by atoms with Gasteiger partial charge >= 0.3 is 11.9 Å². The van der Waals surface area contributed by atoms with E-state index in [1.807, 2.05) is 12.1 Å². The molecule has 0 spiro atoms. The number of β-amino-alcohol motifs (C(OH)–C–C–N with tert-alkyl or cyclic N) is 1. The van der Waals surface area contributed by atoms with E-state index in [2.05, 4.69) is 28.9 Å². The van der Waals surface area contributed by atoms with E-state index in [1.165, 1.54) is 32.1 Å². The van der Waals surface area contributed by atoms with E-state index < -0.39 is 18.0 Å². The summed E-state index contributed by atoms with van der Waals surface area (Å²) in [7, 11) is 1.72. The highest BCUT2D eigenvalue weighted by Crippen LogP contribution is 2.28. The topological polar surface area (TPSA) is 120 Å². The van der Waals surface area contributed by atoms with Crippen molar-refractivity contribution in [2.24, 2.45) is 0 Å². The average Bonchev–Trinajstić information content (AvgIpc) is 2.81. The Morgan fingerprint density at radius 3 is 2.18 bits per heavy atom. The molecule has 0 aliphatic carbocycles. The fourth-order valence-corrected chi connectivity index (χ4v) is 3.62. The molecule has 0 aromatic heterocycles. The number of carbonyl (C=O) groups is 2. The Labute approximate surface area is 196 Å². The Morgan fingerprint density at radius 2 is 1.58 bits per heavy atom. The van der Waals surface area contributed by atoms with Crippen LogP contribution in [0.15, 0.2) is 24.3 Å². The van der Waals surface area contributed by atoms with E-state index in [1.54, 1.807) is 7.11 Å². The number of para-hydroxylation sites is 2. The predicted molar refractivity (Wildman–Crippen MR) is 127 cm³/mol. The standard InChI is InChI=1S/C22H38N2O3.C2H2O4/c1-3-4-5-6-7-10-17-27-19-20(25)18-23-13-15-24(16-14-23)21-11-8-9-12-22(21)26-2;3-1(4)2(5)6/h8-9,11-12,20,25H,3-7,10,13-19H2,1-2H3;(H,3,4)(H,5,6). The number of piperazine rings is 1. The number of hydrogen-bond acceptors (Lipinski definition) is 7. The lowest BCUT2D eigenvalue weighted by molar-refractivity contribution is -0.159. The zero-order valence-electron chi connectivity index (χ0n) is 19.9. The Kier molecular flexibility index (Phi) is 14.9. The van der Waals surface area contributed by atoms with E-state index in [9.17, 15) is 5.11 Å². The minimum absolute atomic E-state index is 0.400. The van der Waals surface area contributed by atoms with Crippen LogP contribution in [-0.2, 0) is 14.3 Å². The molecular weight excluding hydrogens is 428 g/mol. The normalized spacial score (nSPS) is 14.8. The molecule has 0 saturated carbocycles. The number of carboxylic acid groups (broad SMARTS) is 2. The van der Waals surface area contributed by atoms with Gasteiger partial charge < -0.3 is 29.7 Å². The Bertz CT molecular complexity index is 667. The van der Waals surface area contributed by atoms with Crippen LogP contribution in [0.3, 0.4) is 0 Å². The molecule has 33 heavy (non-hydrogen) atoms. The zero-order valence-corrected chi connectivity index (χ0v) is 19.9. The summed E-state index contributed by atoms with van der Waals surface area (Å²) in [6.07, 6.45) is 7.20. The third kappa shape index (κ3) is 12.5. The molecule has 0 radical (unpaired) electrons. The number of carboxylic acids is 2. The minimum Gasteiger partial charge on any atom is -0.495 e. The second-order valence-corrected chi connectivity index (χ2v) is 8.07. The van der Waals surface area contributed by atoms with E-state index in [4.69, 9.17) is 29.3 Å². The lowest BCUT2D eigenvalue weighted by Gasteiger charge is -2.37. The van der Waals surface area contributed by atoms with Crippen LogP contribution >= 0.6 is 0 Å². The zero-order chi connectivity index (χ0) is 24.5. The molecule has 1 aliphatic rings. The molecule has 0 amide bonds. The number of unbranched alkanes of at least 4 members (excludes halogenated alkanes) is 5. The molecule has 0 bridgehead atoms. The first-order valence-electron chi connectivity index (χ1n) is 11.7. The lowest BCUT2D eigenvalue weighted by Crippen LogP contribution is -2.49. The van der Waals surface area contributed by atoms with Gasteiger partial charge in [0.2, 0.25) is 0 Å². The molecule has 188 valence electrons. The van der Waals surface area contributed by atoms with E-state index in [-0.39, 0.29) is 0 Å². The summed E-state index contributed by atoms with van der Waals surface area (Å²) in [5.74, 6) is -2.72. The van der Waals surface area contributed by atoms with Gasteiger partial charge in [0.15, 0.2) is 0 Å². The SMILES string of the molecule is CCCCCCCCOCC(O)CN1CCN(c2ccccc2OC)CC1.O=C(O)C(=O)O. The highest BCUT2D eigenvalue weighted by Gasteiger charge is 2.21. The first-order chi connectivity index (χ1) is 15.9. The molecule has 9 nitrogen and oxygen atoms in total. The Balaban J connectivity index is 0.000000801. The van der Waals surface area contributed by atoms with E-state index >= 15 is 0 Å². The van der Waals surface area contributed by atoms with Crippen LogP contribution in [0.5, 0.6) is 5.75 Å². The lowest BCUT2D eigenvalue weighted by atomic mass is 10.1. The summed E-state index contributed by atoms with van der Waals surface area (Å²) in [6.45, 7) is 7.95. The first kappa shape index (κ1) is 28.7. The number of rotatable bonds is 13. The first-order valence-corrected chi connectivity index (χ1v) is 11.7. The fraction of sp³-hybridized carbons (Fsp3) is 0.667. The van der Waals surface area contributed by atoms with Crippen LogP contribution in [0, 0.1) is 0 Å². The van der Waals surface area contributed by atoms with E-state index in [0.717, 1.165) is 50.6 Å². The molecular formula is C24H40N2O7. The highest BCUT2D eigenvalue weighted by molar-refractivity contribution is 6.27. The second-order valence-electron chi connectivity index (χ2n) is 8.07. The fourth-order valence-electron chi connectivity index (χ4n) is 3.62. The third-order valence-corrected chi connectivity index (χ3v) is 5.40. The summed E-state index contributed by atoms with van der Waals surface area (Å²) in [6, 6.07) is 8.17. The van der Waals surface area contributed by atoms with Crippen LogP contribution in [0.25, 0.3) is 0 Å². The van der Waals surface area contributed by atoms with Crippen molar-refractivity contribution in [2.75, 3.05) is 57.9 Å². The number of nitrogens with zero attached hydrogens (tertiary/aromatic N) is 2. The number of aliphatic carboxylic acids is 2. The van der Waals surface area contributed by atoms with E-state index in [0.29, 0.717) is 13.2 Å². The summed E-state index contributed by atoms with van der Waals surface area (Å²) >= 11 is 0. The largest absolute Gasteiger partial charge is 0.495 e. The molecule has 1 aromatic rings. The molecule has 9 heteroatoms. The van der Waals surface area contributed by atoms with Gasteiger partial charge in [0.25, 0.3) is 0 Å². The monoisotopic (exact) mass is 468 g/mol. The van der Waals surface area contributed by atoms with Crippen molar-refractivity contribution in [3.8, 4) is 5.75 Å². The van der Waals surface area contributed by atoms with Crippen molar-refractivity contribution in [3.05, 3.63) is 24.3 Å². The molecule has 1 atom stereocenters. The summed E-state index contributed by atoms with van der Waals surface area (Å²) in [5, 5.41) is 25.0. The van der Waals surface area contributed by atoms with Gasteiger partial charge in [-0.1, -0.05) is 51.2 Å². The summed E-state index contributed by atoms with van der Waals surface area (Å²) in [5.41, 5.74) is 1.16. The second kappa shape index (κ2) is 17.2. The van der Waals surface area contributed by atoms with Gasteiger partial charge in [0, 0.05) is 39.3 Å². The number of ether oxygens (including phenoxy) is 2. The van der Waals surface area contributed by atoms with Crippen LogP contribution in [0.2, 0.25) is 0 Å². The van der Waals surface area contributed by atoms with Gasteiger partial charge in [-0.3, -0.25) is 4.90 Å². The maximum absolute atomic E-state index is 10.2. The van der Waals surface area contributed by atoms with Crippen LogP contribution in [0.4, 0.5) is 5.69 Å². The minimum atomic E-state index is -1.82. The molecule has 2 rings (SSSR count). The van der Waals surface area contributed by atoms with Gasteiger partial charge in [-0.25, -0.2) is 9.59 Å². The van der Waals surface area contributed by atoms with Crippen molar-refractivity contribution >= 4 is 17.6 Å². The maximum Gasteiger partial charge on any atom is 0.414 e. The number of hydrogen-bond donors (Lipinski definition) is 3. The Morgan fingerprint density at radius 1 is 0.970 bits per heavy atom. The number of aliphatic hydroxyl groups is 1. The highest BCUT2D eigenvalue weighted by atomic mass is 16.5. The van der Waals surface area contributed by atoms with Crippen molar-refractivity contribution in [2.45, 2.75) is 51.6 Å². The predicted octanol–water partition coefficient (Wildman–Crippen LogP) is 2.71. The molecule has 1 fully saturated rings. The molecule has 1 saturated heterocycles. The van der Waals surface area contributed by atoms with Crippen LogP contribution in [-0.4, -0.2) is 91.3 Å². The number of aliphatic hydroxyl groups excluding tert-OH is 1. The summed E-state index contributed by atoms with van der Waals surface area (Å²) < 4.78 is 11.1. The molecule has 1 heterocycles. The smallest absolute Gasteiger partial charge is 0.414 e. The van der Waals surface area contributed by atoms with Crippen LogP contribution in [0.1, 0.15) is 45.4 Å². The van der Waals surface area contributed by atoms with Crippen LogP contribution < -0.4 is 9.64 Å². The molecule has 3 N–H and O–H groups in total. The van der Waals surface area contributed by atoms with Crippen molar-refractivity contribution in [1.29, 1.82) is 0 Å². The van der Waals surface area contributed by atoms with Crippen molar-refractivity contribution in [1.82, 2.24) is 4.90 Å². The summed E-state index contributed by atoms with van der Waals surface area (Å²) in [4.78, 5) is 22.9. The van der Waals surface area contributed by atoms with Gasteiger partial charge in [-0.15, -0.1) is 0 Å². The third-order valence-electron chi connectivity index (χ3n) is 5.40. The maximum atomic E-state index is 10.2. The number of methoxy groups -OCH3 is 1. The number of benzene rings is 1. The van der Waals surface area contributed by atoms with Gasteiger partial charge in [-0.2, -0.15) is 0 Å². The average molecular weight is 469 g/mol. The van der Waals surface area contributed by atoms with Crippen molar-refractivity contribution < 1.29 is 34.4 Å². The molecule has 1 unspecified atom stereocenters. The van der Waals surface area contributed by atoms with Crippen molar-refractivity contribution in [3.63, 3.8) is 0 Å². The van der Waals surface area contributed by atoms with Gasteiger partial charge in [0.05, 0.1) is 25.5 Å². The number of anilines is 1. The quantitative estimate of drug-likeness (QED) is 0.296. The molecule has 1 aromatic carbocycles. The Hall–Kier alpha value is -2.36.